The van der Waals surface area contributed by atoms with Crippen LogP contribution in [0.5, 0.6) is 11.5 Å². The molecule has 0 aliphatic heterocycles. The van der Waals surface area contributed by atoms with Gasteiger partial charge < -0.3 is 9.47 Å². The van der Waals surface area contributed by atoms with E-state index in [1.165, 1.54) is 0 Å². The van der Waals surface area contributed by atoms with Gasteiger partial charge in [-0.25, -0.2) is 5.43 Å². The molecule has 5 nitrogen and oxygen atoms in total. The van der Waals surface area contributed by atoms with Crippen LogP contribution in [0, 0.1) is 6.92 Å². The molecule has 0 saturated heterocycles. The first kappa shape index (κ1) is 19.2. The Morgan fingerprint density at radius 2 is 1.75 bits per heavy atom. The van der Waals surface area contributed by atoms with Gasteiger partial charge in [0.1, 0.15) is 6.61 Å². The summed E-state index contributed by atoms with van der Waals surface area (Å²) in [6, 6.07) is 22.8. The van der Waals surface area contributed by atoms with Crippen molar-refractivity contribution in [3.05, 3.63) is 95.1 Å². The Kier molecular flexibility index (Phi) is 6.41. The van der Waals surface area contributed by atoms with E-state index in [4.69, 9.17) is 9.47 Å². The minimum Gasteiger partial charge on any atom is -0.493 e. The molecule has 1 amide bonds. The third-order valence-corrected chi connectivity index (χ3v) is 4.19. The van der Waals surface area contributed by atoms with Crippen LogP contribution < -0.4 is 14.9 Å². The zero-order valence-corrected chi connectivity index (χ0v) is 15.9. The maximum absolute atomic E-state index is 12.2. The van der Waals surface area contributed by atoms with Crippen LogP contribution in [0.25, 0.3) is 0 Å². The van der Waals surface area contributed by atoms with E-state index in [9.17, 15) is 4.79 Å². The molecule has 3 rings (SSSR count). The number of carbonyl (C=O) groups excluding carboxylic acids is 1. The highest BCUT2D eigenvalue weighted by Gasteiger charge is 2.08. The van der Waals surface area contributed by atoms with Crippen LogP contribution in [0.15, 0.2) is 77.9 Å². The number of nitrogens with zero attached hydrogens (tertiary/aromatic N) is 1. The second kappa shape index (κ2) is 9.37. The van der Waals surface area contributed by atoms with Crippen molar-refractivity contribution in [2.24, 2.45) is 5.10 Å². The fourth-order valence-corrected chi connectivity index (χ4v) is 2.68. The molecule has 0 aromatic heterocycles. The van der Waals surface area contributed by atoms with E-state index in [0.717, 1.165) is 16.7 Å². The highest BCUT2D eigenvalue weighted by Crippen LogP contribution is 2.28. The molecule has 0 aliphatic carbocycles. The van der Waals surface area contributed by atoms with Crippen LogP contribution in [0.2, 0.25) is 0 Å². The highest BCUT2D eigenvalue weighted by molar-refractivity contribution is 5.96. The quantitative estimate of drug-likeness (QED) is 0.494. The second-order valence-corrected chi connectivity index (χ2v) is 6.20. The summed E-state index contributed by atoms with van der Waals surface area (Å²) in [5, 5.41) is 4.05. The SMILES string of the molecule is COc1ccc(/C=N\NC(=O)c2ccccc2C)cc1OCc1ccccc1. The number of hydrogen-bond acceptors (Lipinski definition) is 4. The zero-order chi connectivity index (χ0) is 19.8. The van der Waals surface area contributed by atoms with Crippen LogP contribution >= 0.6 is 0 Å². The number of amides is 1. The third-order valence-electron chi connectivity index (χ3n) is 4.19. The van der Waals surface area contributed by atoms with E-state index in [-0.39, 0.29) is 5.91 Å². The number of carbonyl (C=O) groups is 1. The standard InChI is InChI=1S/C23H22N2O3/c1-17-8-6-7-11-20(17)23(26)25-24-15-19-12-13-21(27-2)22(14-19)28-16-18-9-4-3-5-10-18/h3-15H,16H2,1-2H3,(H,25,26)/b24-15-. The van der Waals surface area contributed by atoms with Crippen LogP contribution in [0.4, 0.5) is 0 Å². The minimum atomic E-state index is -0.247. The molecule has 0 spiro atoms. The van der Waals surface area contributed by atoms with Gasteiger partial charge in [-0.05, 0) is 47.9 Å². The average molecular weight is 374 g/mol. The number of rotatable bonds is 7. The van der Waals surface area contributed by atoms with Gasteiger partial charge in [-0.2, -0.15) is 5.10 Å². The summed E-state index contributed by atoms with van der Waals surface area (Å²) in [6.45, 7) is 2.32. The normalized spacial score (nSPS) is 10.6. The number of benzene rings is 3. The molecule has 0 bridgehead atoms. The molecule has 28 heavy (non-hydrogen) atoms. The van der Waals surface area contributed by atoms with Crippen molar-refractivity contribution in [3.8, 4) is 11.5 Å². The Morgan fingerprint density at radius 1 is 1.00 bits per heavy atom. The molecular formula is C23H22N2O3. The number of ether oxygens (including phenoxy) is 2. The van der Waals surface area contributed by atoms with Gasteiger partial charge in [0.15, 0.2) is 11.5 Å². The second-order valence-electron chi connectivity index (χ2n) is 6.20. The number of aryl methyl sites for hydroxylation is 1. The maximum Gasteiger partial charge on any atom is 0.271 e. The molecule has 3 aromatic rings. The Balaban J connectivity index is 1.67. The lowest BCUT2D eigenvalue weighted by atomic mass is 10.1. The lowest BCUT2D eigenvalue weighted by Crippen LogP contribution is -2.18. The topological polar surface area (TPSA) is 59.9 Å². The lowest BCUT2D eigenvalue weighted by molar-refractivity contribution is 0.0954. The van der Waals surface area contributed by atoms with Crippen molar-refractivity contribution in [3.63, 3.8) is 0 Å². The largest absolute Gasteiger partial charge is 0.493 e. The molecule has 1 N–H and O–H groups in total. The predicted molar refractivity (Wildman–Crippen MR) is 110 cm³/mol. The van der Waals surface area contributed by atoms with E-state index in [0.29, 0.717) is 23.7 Å². The van der Waals surface area contributed by atoms with Crippen molar-refractivity contribution in [1.82, 2.24) is 5.43 Å². The molecule has 142 valence electrons. The Morgan fingerprint density at radius 3 is 2.50 bits per heavy atom. The van der Waals surface area contributed by atoms with E-state index in [1.54, 1.807) is 19.4 Å². The molecule has 0 heterocycles. The van der Waals surface area contributed by atoms with E-state index in [2.05, 4.69) is 10.5 Å². The molecule has 0 aliphatic rings. The summed E-state index contributed by atoms with van der Waals surface area (Å²) in [5.74, 6) is 1.00. The van der Waals surface area contributed by atoms with Gasteiger partial charge >= 0.3 is 0 Å². The fourth-order valence-electron chi connectivity index (χ4n) is 2.68. The molecule has 0 radical (unpaired) electrons. The number of hydrazone groups is 1. The zero-order valence-electron chi connectivity index (χ0n) is 15.9. The monoisotopic (exact) mass is 374 g/mol. The van der Waals surface area contributed by atoms with Crippen molar-refractivity contribution in [2.45, 2.75) is 13.5 Å². The van der Waals surface area contributed by atoms with Gasteiger partial charge in [0.2, 0.25) is 0 Å². The molecular weight excluding hydrogens is 352 g/mol. The summed E-state index contributed by atoms with van der Waals surface area (Å²) in [4.78, 5) is 12.2. The van der Waals surface area contributed by atoms with Crippen molar-refractivity contribution >= 4 is 12.1 Å². The predicted octanol–water partition coefficient (Wildman–Crippen LogP) is 4.35. The summed E-state index contributed by atoms with van der Waals surface area (Å²) in [5.41, 5.74) is 5.90. The molecule has 3 aromatic carbocycles. The smallest absolute Gasteiger partial charge is 0.271 e. The molecule has 0 unspecified atom stereocenters. The van der Waals surface area contributed by atoms with Gasteiger partial charge in [0.05, 0.1) is 13.3 Å². The Bertz CT molecular complexity index is 969. The molecule has 0 saturated carbocycles. The van der Waals surface area contributed by atoms with Gasteiger partial charge in [-0.1, -0.05) is 48.5 Å². The van der Waals surface area contributed by atoms with Gasteiger partial charge in [0.25, 0.3) is 5.91 Å². The Labute approximate surface area is 164 Å². The van der Waals surface area contributed by atoms with E-state index < -0.39 is 0 Å². The van der Waals surface area contributed by atoms with Crippen molar-refractivity contribution in [1.29, 1.82) is 0 Å². The molecule has 5 heteroatoms. The lowest BCUT2D eigenvalue weighted by Gasteiger charge is -2.11. The van der Waals surface area contributed by atoms with Gasteiger partial charge in [-0.3, -0.25) is 4.79 Å². The Hall–Kier alpha value is -3.60. The first-order chi connectivity index (χ1) is 13.7. The summed E-state index contributed by atoms with van der Waals surface area (Å²) in [6.07, 6.45) is 1.57. The number of methoxy groups -OCH3 is 1. The fraction of sp³-hybridized carbons (Fsp3) is 0.130. The highest BCUT2D eigenvalue weighted by atomic mass is 16.5. The van der Waals surface area contributed by atoms with E-state index in [1.807, 2.05) is 73.7 Å². The molecule has 0 fully saturated rings. The maximum atomic E-state index is 12.2. The minimum absolute atomic E-state index is 0.247. The van der Waals surface area contributed by atoms with Crippen LogP contribution in [-0.2, 0) is 6.61 Å². The van der Waals surface area contributed by atoms with Crippen LogP contribution in [0.3, 0.4) is 0 Å². The first-order valence-electron chi connectivity index (χ1n) is 8.91. The van der Waals surface area contributed by atoms with E-state index >= 15 is 0 Å². The third kappa shape index (κ3) is 4.98. The van der Waals surface area contributed by atoms with Gasteiger partial charge in [-0.15, -0.1) is 0 Å². The average Bonchev–Trinajstić information content (AvgIpc) is 2.73. The number of nitrogens with one attached hydrogen (secondary N) is 1. The number of hydrogen-bond donors (Lipinski definition) is 1. The summed E-state index contributed by atoms with van der Waals surface area (Å²) >= 11 is 0. The van der Waals surface area contributed by atoms with Crippen LogP contribution in [-0.4, -0.2) is 19.2 Å². The summed E-state index contributed by atoms with van der Waals surface area (Å²) < 4.78 is 11.3. The summed E-state index contributed by atoms with van der Waals surface area (Å²) in [7, 11) is 1.60. The van der Waals surface area contributed by atoms with Crippen molar-refractivity contribution in [2.75, 3.05) is 7.11 Å². The van der Waals surface area contributed by atoms with Gasteiger partial charge in [0, 0.05) is 5.56 Å². The molecule has 0 atom stereocenters. The van der Waals surface area contributed by atoms with Crippen LogP contribution in [0.1, 0.15) is 27.0 Å². The first-order valence-corrected chi connectivity index (χ1v) is 8.91. The van der Waals surface area contributed by atoms with Crippen molar-refractivity contribution < 1.29 is 14.3 Å².